The maximum absolute atomic E-state index is 12.8. The summed E-state index contributed by atoms with van der Waals surface area (Å²) in [5.74, 6) is 1.54. The highest BCUT2D eigenvalue weighted by Gasteiger charge is 2.41. The summed E-state index contributed by atoms with van der Waals surface area (Å²) in [6, 6.07) is 7.23. The summed E-state index contributed by atoms with van der Waals surface area (Å²) in [6.07, 6.45) is 5.56. The molecule has 2 saturated heterocycles. The molecule has 2 bridgehead atoms. The van der Waals surface area contributed by atoms with Crippen LogP contribution in [0.5, 0.6) is 5.75 Å². The Hall–Kier alpha value is -1.35. The van der Waals surface area contributed by atoms with Crippen LogP contribution in [-0.2, 0) is 6.42 Å². The van der Waals surface area contributed by atoms with Gasteiger partial charge < -0.3 is 9.64 Å². The molecular formula is C17H21NO2. The Morgan fingerprint density at radius 1 is 1.25 bits per heavy atom. The fraction of sp³-hybridized carbons (Fsp3) is 0.588. The number of benzene rings is 1. The molecule has 0 aliphatic carbocycles. The number of fused-ring (bicyclic) bond motifs is 3. The number of piperidine rings is 1. The largest absolute Gasteiger partial charge is 0.493 e. The van der Waals surface area contributed by atoms with Gasteiger partial charge in [0, 0.05) is 30.0 Å². The number of rotatable bonds is 2. The highest BCUT2D eigenvalue weighted by molar-refractivity contribution is 5.98. The zero-order valence-electron chi connectivity index (χ0n) is 12.0. The van der Waals surface area contributed by atoms with Crippen molar-refractivity contribution in [3.8, 4) is 5.75 Å². The van der Waals surface area contributed by atoms with Gasteiger partial charge in [0.2, 0.25) is 0 Å². The second kappa shape index (κ2) is 4.59. The minimum absolute atomic E-state index is 0.226. The molecule has 2 fully saturated rings. The molecule has 3 heterocycles. The first kappa shape index (κ1) is 12.4. The van der Waals surface area contributed by atoms with Gasteiger partial charge in [-0.25, -0.2) is 0 Å². The van der Waals surface area contributed by atoms with E-state index in [2.05, 4.69) is 18.0 Å². The van der Waals surface area contributed by atoms with Crippen LogP contribution in [0.1, 0.15) is 41.6 Å². The van der Waals surface area contributed by atoms with Crippen LogP contribution in [0.3, 0.4) is 0 Å². The Balaban J connectivity index is 1.56. The Labute approximate surface area is 119 Å². The van der Waals surface area contributed by atoms with E-state index in [4.69, 9.17) is 4.74 Å². The summed E-state index contributed by atoms with van der Waals surface area (Å²) in [5, 5.41) is 0. The van der Waals surface area contributed by atoms with Crippen molar-refractivity contribution in [3.63, 3.8) is 0 Å². The lowest BCUT2D eigenvalue weighted by Gasteiger charge is -2.35. The molecule has 3 aliphatic rings. The molecule has 106 valence electrons. The molecule has 3 nitrogen and oxygen atoms in total. The number of Topliss-reactive ketones (excluding diaryl/α,β-unsaturated/α-hetero) is 1. The molecule has 0 radical (unpaired) electrons. The van der Waals surface area contributed by atoms with Crippen LogP contribution >= 0.6 is 0 Å². The first-order valence-corrected chi connectivity index (χ1v) is 7.74. The summed E-state index contributed by atoms with van der Waals surface area (Å²) in [4.78, 5) is 15.3. The fourth-order valence-corrected chi connectivity index (χ4v) is 4.20. The van der Waals surface area contributed by atoms with Crippen LogP contribution in [0, 0.1) is 5.92 Å². The Bertz CT molecular complexity index is 540. The van der Waals surface area contributed by atoms with Crippen LogP contribution in [-0.4, -0.2) is 36.4 Å². The van der Waals surface area contributed by atoms with Gasteiger partial charge in [-0.3, -0.25) is 4.79 Å². The molecule has 0 aromatic heterocycles. The number of hydrogen-bond acceptors (Lipinski definition) is 3. The van der Waals surface area contributed by atoms with Gasteiger partial charge in [0.1, 0.15) is 5.75 Å². The molecule has 2 atom stereocenters. The standard InChI is InChI=1S/C17H21NO2/c1-18-14-3-4-15(18)10-13(9-14)17(19)12-2-5-16-11(8-12)6-7-20-16/h2,5,8,13-15H,3-4,6-7,9-10H2,1H3. The van der Waals surface area contributed by atoms with Crippen molar-refractivity contribution in [1.82, 2.24) is 4.90 Å². The average molecular weight is 271 g/mol. The highest BCUT2D eigenvalue weighted by atomic mass is 16.5. The van der Waals surface area contributed by atoms with E-state index in [0.29, 0.717) is 17.9 Å². The van der Waals surface area contributed by atoms with Crippen molar-refractivity contribution in [2.24, 2.45) is 5.92 Å². The lowest BCUT2D eigenvalue weighted by atomic mass is 9.84. The van der Waals surface area contributed by atoms with Gasteiger partial charge in [-0.2, -0.15) is 0 Å². The van der Waals surface area contributed by atoms with Crippen LogP contribution in [0.4, 0.5) is 0 Å². The van der Waals surface area contributed by atoms with Gasteiger partial charge in [0.25, 0.3) is 0 Å². The molecule has 3 aliphatic heterocycles. The zero-order valence-corrected chi connectivity index (χ0v) is 12.0. The van der Waals surface area contributed by atoms with Crippen molar-refractivity contribution >= 4 is 5.78 Å². The second-order valence-electron chi connectivity index (χ2n) is 6.50. The van der Waals surface area contributed by atoms with Crippen LogP contribution < -0.4 is 4.74 Å². The van der Waals surface area contributed by atoms with E-state index >= 15 is 0 Å². The molecule has 2 unspecified atom stereocenters. The normalized spacial score (nSPS) is 31.9. The van der Waals surface area contributed by atoms with E-state index in [1.165, 1.54) is 18.4 Å². The van der Waals surface area contributed by atoms with Gasteiger partial charge >= 0.3 is 0 Å². The molecule has 0 amide bonds. The lowest BCUT2D eigenvalue weighted by molar-refractivity contribution is 0.0767. The molecule has 0 spiro atoms. The SMILES string of the molecule is CN1C2CCC1CC(C(=O)c1ccc3c(c1)CCO3)C2. The van der Waals surface area contributed by atoms with Crippen LogP contribution in [0.15, 0.2) is 18.2 Å². The van der Waals surface area contributed by atoms with E-state index in [-0.39, 0.29) is 5.92 Å². The first-order valence-electron chi connectivity index (χ1n) is 7.74. The third-order valence-electron chi connectivity index (χ3n) is 5.44. The van der Waals surface area contributed by atoms with Crippen LogP contribution in [0.2, 0.25) is 0 Å². The fourth-order valence-electron chi connectivity index (χ4n) is 4.20. The predicted molar refractivity (Wildman–Crippen MR) is 77.3 cm³/mol. The van der Waals surface area contributed by atoms with E-state index in [9.17, 15) is 4.79 Å². The Kier molecular flexibility index (Phi) is 2.84. The van der Waals surface area contributed by atoms with E-state index in [1.807, 2.05) is 12.1 Å². The summed E-state index contributed by atoms with van der Waals surface area (Å²) in [5.41, 5.74) is 2.09. The van der Waals surface area contributed by atoms with Crippen LogP contribution in [0.25, 0.3) is 0 Å². The van der Waals surface area contributed by atoms with Crippen molar-refractivity contribution in [1.29, 1.82) is 0 Å². The third-order valence-corrected chi connectivity index (χ3v) is 5.44. The molecule has 1 aromatic rings. The minimum Gasteiger partial charge on any atom is -0.493 e. The lowest BCUT2D eigenvalue weighted by Crippen LogP contribution is -2.42. The topological polar surface area (TPSA) is 29.5 Å². The molecule has 1 aromatic carbocycles. The van der Waals surface area contributed by atoms with Gasteiger partial charge in [0.05, 0.1) is 6.61 Å². The average Bonchev–Trinajstić information content (AvgIpc) is 2.98. The number of ketones is 1. The minimum atomic E-state index is 0.226. The first-order chi connectivity index (χ1) is 9.72. The van der Waals surface area contributed by atoms with Gasteiger partial charge in [-0.15, -0.1) is 0 Å². The van der Waals surface area contributed by atoms with Crippen molar-refractivity contribution in [3.05, 3.63) is 29.3 Å². The zero-order chi connectivity index (χ0) is 13.7. The van der Waals surface area contributed by atoms with E-state index < -0.39 is 0 Å². The summed E-state index contributed by atoms with van der Waals surface area (Å²) >= 11 is 0. The second-order valence-corrected chi connectivity index (χ2v) is 6.50. The Morgan fingerprint density at radius 3 is 2.75 bits per heavy atom. The number of carbonyl (C=O) groups is 1. The Morgan fingerprint density at radius 2 is 2.00 bits per heavy atom. The quantitative estimate of drug-likeness (QED) is 0.775. The molecule has 0 N–H and O–H groups in total. The summed E-state index contributed by atoms with van der Waals surface area (Å²) < 4.78 is 5.52. The number of ether oxygens (including phenoxy) is 1. The van der Waals surface area contributed by atoms with Crippen molar-refractivity contribution in [2.75, 3.05) is 13.7 Å². The molecule has 20 heavy (non-hydrogen) atoms. The maximum Gasteiger partial charge on any atom is 0.166 e. The number of nitrogens with zero attached hydrogens (tertiary/aromatic N) is 1. The van der Waals surface area contributed by atoms with Gasteiger partial charge in [-0.1, -0.05) is 0 Å². The highest BCUT2D eigenvalue weighted by Crippen LogP contribution is 2.39. The van der Waals surface area contributed by atoms with Gasteiger partial charge in [0.15, 0.2) is 5.78 Å². The predicted octanol–water partition coefficient (Wildman–Crippen LogP) is 2.68. The van der Waals surface area contributed by atoms with E-state index in [1.54, 1.807) is 0 Å². The number of hydrogen-bond donors (Lipinski definition) is 0. The van der Waals surface area contributed by atoms with Gasteiger partial charge in [-0.05, 0) is 56.5 Å². The smallest absolute Gasteiger partial charge is 0.166 e. The molecule has 0 saturated carbocycles. The van der Waals surface area contributed by atoms with Crippen molar-refractivity contribution in [2.45, 2.75) is 44.2 Å². The summed E-state index contributed by atoms with van der Waals surface area (Å²) in [7, 11) is 2.22. The van der Waals surface area contributed by atoms with E-state index in [0.717, 1.165) is 37.2 Å². The third kappa shape index (κ3) is 1.87. The van der Waals surface area contributed by atoms with Crippen molar-refractivity contribution < 1.29 is 9.53 Å². The molecular weight excluding hydrogens is 250 g/mol. The molecule has 4 rings (SSSR count). The number of carbonyl (C=O) groups excluding carboxylic acids is 1. The monoisotopic (exact) mass is 271 g/mol. The molecule has 3 heteroatoms. The summed E-state index contributed by atoms with van der Waals surface area (Å²) in [6.45, 7) is 0.755. The maximum atomic E-state index is 12.8.